The van der Waals surface area contributed by atoms with E-state index in [4.69, 9.17) is 16.6 Å². The Morgan fingerprint density at radius 3 is 2.60 bits per heavy atom. The monoisotopic (exact) mass is 424 g/mol. The van der Waals surface area contributed by atoms with Gasteiger partial charge in [-0.15, -0.1) is 5.10 Å². The quantitative estimate of drug-likeness (QED) is 0.645. The Bertz CT molecular complexity index is 1090. The molecule has 1 aromatic carbocycles. The van der Waals surface area contributed by atoms with Crippen LogP contribution in [-0.2, 0) is 0 Å². The molecule has 1 fully saturated rings. The predicted octanol–water partition coefficient (Wildman–Crippen LogP) is 4.61. The number of hydrogen-bond donors (Lipinski definition) is 1. The van der Waals surface area contributed by atoms with E-state index in [2.05, 4.69) is 59.3 Å². The fourth-order valence-electron chi connectivity index (χ4n) is 3.95. The van der Waals surface area contributed by atoms with Crippen molar-refractivity contribution in [1.82, 2.24) is 20.1 Å². The van der Waals surface area contributed by atoms with Crippen LogP contribution in [0.2, 0.25) is 5.02 Å². The number of anilines is 2. The fraction of sp³-hybridized carbons (Fsp3) is 0.435. The lowest BCUT2D eigenvalue weighted by molar-refractivity contribution is 0.132. The van der Waals surface area contributed by atoms with Crippen LogP contribution >= 0.6 is 11.6 Å². The van der Waals surface area contributed by atoms with Crippen LogP contribution in [0, 0.1) is 13.8 Å². The van der Waals surface area contributed by atoms with E-state index in [1.165, 1.54) is 0 Å². The van der Waals surface area contributed by atoms with Gasteiger partial charge in [0.05, 0.1) is 17.3 Å². The van der Waals surface area contributed by atoms with Crippen molar-refractivity contribution in [3.05, 3.63) is 52.3 Å². The van der Waals surface area contributed by atoms with Gasteiger partial charge >= 0.3 is 0 Å². The van der Waals surface area contributed by atoms with Crippen LogP contribution in [0.15, 0.2) is 30.5 Å². The highest BCUT2D eigenvalue weighted by Crippen LogP contribution is 2.34. The van der Waals surface area contributed by atoms with Gasteiger partial charge in [-0.2, -0.15) is 5.10 Å². The maximum Gasteiger partial charge on any atom is 0.157 e. The molecule has 158 valence electrons. The van der Waals surface area contributed by atoms with E-state index in [-0.39, 0.29) is 11.6 Å². The summed E-state index contributed by atoms with van der Waals surface area (Å²) in [6, 6.07) is 8.22. The molecule has 0 saturated carbocycles. The molecule has 0 aliphatic carbocycles. The lowest BCUT2D eigenvalue weighted by Crippen LogP contribution is -2.67. The van der Waals surface area contributed by atoms with E-state index in [0.29, 0.717) is 0 Å². The minimum Gasteiger partial charge on any atom is -0.361 e. The van der Waals surface area contributed by atoms with Crippen LogP contribution < -0.4 is 10.2 Å². The van der Waals surface area contributed by atoms with Crippen LogP contribution in [0.25, 0.3) is 10.8 Å². The highest BCUT2D eigenvalue weighted by molar-refractivity contribution is 6.32. The number of rotatable bonds is 5. The van der Waals surface area contributed by atoms with Crippen LogP contribution in [0.3, 0.4) is 0 Å². The van der Waals surface area contributed by atoms with Gasteiger partial charge in [0.25, 0.3) is 0 Å². The molecule has 0 spiro atoms. The van der Waals surface area contributed by atoms with Gasteiger partial charge in [0.1, 0.15) is 5.82 Å². The van der Waals surface area contributed by atoms with Crippen molar-refractivity contribution in [2.75, 3.05) is 37.4 Å². The number of benzene rings is 1. The van der Waals surface area contributed by atoms with Crippen molar-refractivity contribution in [2.45, 2.75) is 39.3 Å². The van der Waals surface area contributed by atoms with Crippen molar-refractivity contribution in [3.63, 3.8) is 0 Å². The summed E-state index contributed by atoms with van der Waals surface area (Å²) in [6.45, 7) is 10.3. The molecule has 0 unspecified atom stereocenters. The second-order valence-electron chi connectivity index (χ2n) is 8.81. The van der Waals surface area contributed by atoms with Gasteiger partial charge in [-0.25, -0.2) is 4.98 Å². The van der Waals surface area contributed by atoms with Gasteiger partial charge in [-0.05, 0) is 59.0 Å². The average Bonchev–Trinajstić information content (AvgIpc) is 2.69. The van der Waals surface area contributed by atoms with Crippen molar-refractivity contribution in [2.24, 2.45) is 0 Å². The summed E-state index contributed by atoms with van der Waals surface area (Å²) in [6.07, 6.45) is 1.91. The standard InChI is InChI=1S/C23H29ClN6/c1-14-8-7-9-17(21(14)24)15(2)26-22-18-10-20(25-11-19(18)16(3)27-28-22)30-12-23(4,13-30)29(5)6/h7-11,15H,12-13H2,1-6H3,(H,26,28)/t15-/m1/s1. The summed E-state index contributed by atoms with van der Waals surface area (Å²) < 4.78 is 0. The molecule has 1 aliphatic rings. The van der Waals surface area contributed by atoms with Gasteiger partial charge in [0.15, 0.2) is 5.82 Å². The smallest absolute Gasteiger partial charge is 0.157 e. The predicted molar refractivity (Wildman–Crippen MR) is 125 cm³/mol. The van der Waals surface area contributed by atoms with E-state index < -0.39 is 0 Å². The van der Waals surface area contributed by atoms with E-state index in [0.717, 1.165) is 57.3 Å². The number of aryl methyl sites for hydroxylation is 2. The van der Waals surface area contributed by atoms with E-state index in [1.54, 1.807) is 0 Å². The van der Waals surface area contributed by atoms with Gasteiger partial charge in [-0.1, -0.05) is 29.8 Å². The van der Waals surface area contributed by atoms with Crippen molar-refractivity contribution < 1.29 is 0 Å². The number of hydrogen-bond acceptors (Lipinski definition) is 6. The number of likely N-dealkylation sites (N-methyl/N-ethyl adjacent to an activating group) is 1. The first kappa shape index (κ1) is 20.8. The lowest BCUT2D eigenvalue weighted by Gasteiger charge is -2.52. The molecule has 0 bridgehead atoms. The number of fused-ring (bicyclic) bond motifs is 1. The van der Waals surface area contributed by atoms with Crippen LogP contribution in [0.5, 0.6) is 0 Å². The Labute approximate surface area is 183 Å². The first-order valence-electron chi connectivity index (χ1n) is 10.3. The molecule has 2 aromatic heterocycles. The molecule has 0 amide bonds. The first-order valence-corrected chi connectivity index (χ1v) is 10.6. The second-order valence-corrected chi connectivity index (χ2v) is 9.19. The largest absolute Gasteiger partial charge is 0.361 e. The summed E-state index contributed by atoms with van der Waals surface area (Å²) >= 11 is 6.55. The molecule has 30 heavy (non-hydrogen) atoms. The van der Waals surface area contributed by atoms with Crippen LogP contribution in [0.4, 0.5) is 11.6 Å². The SMILES string of the molecule is Cc1cccc([C@@H](C)Nc2nnc(C)c3cnc(N4CC(C)(N(C)C)C4)cc23)c1Cl. The number of halogens is 1. The Balaban J connectivity index is 1.67. The summed E-state index contributed by atoms with van der Waals surface area (Å²) in [5.41, 5.74) is 3.17. The maximum atomic E-state index is 6.55. The maximum absolute atomic E-state index is 6.55. The van der Waals surface area contributed by atoms with Crippen LogP contribution in [-0.4, -0.2) is 52.8 Å². The van der Waals surface area contributed by atoms with Crippen molar-refractivity contribution in [3.8, 4) is 0 Å². The summed E-state index contributed by atoms with van der Waals surface area (Å²) in [4.78, 5) is 9.29. The van der Waals surface area contributed by atoms with E-state index >= 15 is 0 Å². The molecule has 6 nitrogen and oxygen atoms in total. The zero-order valence-corrected chi connectivity index (χ0v) is 19.2. The Morgan fingerprint density at radius 2 is 1.90 bits per heavy atom. The third-order valence-corrected chi connectivity index (χ3v) is 6.86. The summed E-state index contributed by atoms with van der Waals surface area (Å²) in [5.74, 6) is 1.72. The Morgan fingerprint density at radius 1 is 1.17 bits per heavy atom. The lowest BCUT2D eigenvalue weighted by atomic mass is 9.91. The average molecular weight is 425 g/mol. The van der Waals surface area contributed by atoms with Gasteiger partial charge in [-0.3, -0.25) is 0 Å². The topological polar surface area (TPSA) is 57.2 Å². The van der Waals surface area contributed by atoms with Crippen LogP contribution in [0.1, 0.15) is 36.7 Å². The molecule has 7 heteroatoms. The molecule has 3 aromatic rings. The summed E-state index contributed by atoms with van der Waals surface area (Å²) in [7, 11) is 4.26. The molecule has 1 aliphatic heterocycles. The molecular weight excluding hydrogens is 396 g/mol. The van der Waals surface area contributed by atoms with Crippen molar-refractivity contribution in [1.29, 1.82) is 0 Å². The molecule has 3 heterocycles. The van der Waals surface area contributed by atoms with Gasteiger partial charge in [0, 0.05) is 35.1 Å². The van der Waals surface area contributed by atoms with Crippen molar-refractivity contribution >= 4 is 34.0 Å². The fourth-order valence-corrected chi connectivity index (χ4v) is 4.24. The number of aromatic nitrogens is 3. The second kappa shape index (κ2) is 7.67. The molecule has 1 N–H and O–H groups in total. The molecule has 4 rings (SSSR count). The minimum absolute atomic E-state index is 0.00439. The van der Waals surface area contributed by atoms with Gasteiger partial charge in [0.2, 0.25) is 0 Å². The third-order valence-electron chi connectivity index (χ3n) is 6.34. The highest BCUT2D eigenvalue weighted by atomic mass is 35.5. The van der Waals surface area contributed by atoms with Gasteiger partial charge < -0.3 is 15.1 Å². The molecule has 0 radical (unpaired) electrons. The molecule has 1 saturated heterocycles. The normalized spacial score (nSPS) is 16.6. The number of pyridine rings is 1. The Kier molecular flexibility index (Phi) is 5.32. The summed E-state index contributed by atoms with van der Waals surface area (Å²) in [5, 5.41) is 15.2. The zero-order valence-electron chi connectivity index (χ0n) is 18.5. The Hall–Kier alpha value is -2.44. The highest BCUT2D eigenvalue weighted by Gasteiger charge is 2.41. The zero-order chi connectivity index (χ0) is 21.6. The third kappa shape index (κ3) is 3.59. The number of nitrogens with one attached hydrogen (secondary N) is 1. The minimum atomic E-state index is -0.00439. The van der Waals surface area contributed by atoms with E-state index in [9.17, 15) is 0 Å². The molecular formula is C23H29ClN6. The number of nitrogens with zero attached hydrogens (tertiary/aromatic N) is 5. The molecule has 1 atom stereocenters. The van der Waals surface area contributed by atoms with E-state index in [1.807, 2.05) is 38.2 Å². The first-order chi connectivity index (χ1) is 14.2.